The molecule has 0 fully saturated rings. The van der Waals surface area contributed by atoms with Gasteiger partial charge in [-0.1, -0.05) is 39.0 Å². The lowest BCUT2D eigenvalue weighted by atomic mass is 10.1. The Kier molecular flexibility index (Phi) is 6.50. The monoisotopic (exact) mass is 254 g/mol. The van der Waals surface area contributed by atoms with Crippen molar-refractivity contribution in [3.63, 3.8) is 0 Å². The van der Waals surface area contributed by atoms with Crippen molar-refractivity contribution >= 4 is 5.97 Å². The van der Waals surface area contributed by atoms with E-state index in [1.54, 1.807) is 0 Å². The van der Waals surface area contributed by atoms with Crippen molar-refractivity contribution in [2.75, 3.05) is 0 Å². The van der Waals surface area contributed by atoms with Gasteiger partial charge in [-0.15, -0.1) is 0 Å². The number of unbranched alkanes of at least 4 members (excludes halogenated alkanes) is 5. The second-order valence-electron chi connectivity index (χ2n) is 4.54. The minimum Gasteiger partial charge on any atom is -0.478 e. The van der Waals surface area contributed by atoms with Gasteiger partial charge in [0.05, 0.1) is 12.9 Å². The van der Waals surface area contributed by atoms with Gasteiger partial charge in [-0.2, -0.15) is 0 Å². The summed E-state index contributed by atoms with van der Waals surface area (Å²) in [5.74, 6) is -0.532. The van der Waals surface area contributed by atoms with Crippen LogP contribution in [0.25, 0.3) is 0 Å². The van der Waals surface area contributed by atoms with Crippen LogP contribution in [0.2, 0.25) is 0 Å². The normalized spacial score (nSPS) is 10.8. The number of hydrogen-bond donors (Lipinski definition) is 2. The van der Waals surface area contributed by atoms with Gasteiger partial charge >= 0.3 is 5.97 Å². The standard InChI is InChI=1S/C14H22O4/c1-2-3-4-5-6-7-8-12-13(14(16)17)11(9-15)10-18-12/h10,15H,2-9H2,1H3,(H,16,17). The number of furan rings is 1. The van der Waals surface area contributed by atoms with Crippen LogP contribution in [0.3, 0.4) is 0 Å². The lowest BCUT2D eigenvalue weighted by molar-refractivity contribution is 0.0691. The smallest absolute Gasteiger partial charge is 0.339 e. The summed E-state index contributed by atoms with van der Waals surface area (Å²) in [6, 6.07) is 0. The molecule has 0 bridgehead atoms. The van der Waals surface area contributed by atoms with Crippen LogP contribution in [-0.4, -0.2) is 16.2 Å². The van der Waals surface area contributed by atoms with Crippen molar-refractivity contribution in [2.45, 2.75) is 58.5 Å². The summed E-state index contributed by atoms with van der Waals surface area (Å²) in [6.07, 6.45) is 8.91. The molecule has 0 aliphatic carbocycles. The third-order valence-electron chi connectivity index (χ3n) is 3.08. The molecule has 0 unspecified atom stereocenters. The molecule has 0 spiro atoms. The lowest BCUT2D eigenvalue weighted by Gasteiger charge is -2.01. The van der Waals surface area contributed by atoms with Gasteiger partial charge in [0.1, 0.15) is 11.3 Å². The number of rotatable bonds is 9. The molecule has 2 N–H and O–H groups in total. The van der Waals surface area contributed by atoms with Gasteiger partial charge < -0.3 is 14.6 Å². The zero-order chi connectivity index (χ0) is 13.4. The number of aliphatic hydroxyl groups excluding tert-OH is 1. The van der Waals surface area contributed by atoms with E-state index in [2.05, 4.69) is 6.92 Å². The van der Waals surface area contributed by atoms with Crippen LogP contribution in [0.15, 0.2) is 10.7 Å². The Bertz CT molecular complexity index is 368. The largest absolute Gasteiger partial charge is 0.478 e. The zero-order valence-electron chi connectivity index (χ0n) is 10.9. The molecule has 18 heavy (non-hydrogen) atoms. The van der Waals surface area contributed by atoms with Gasteiger partial charge in [-0.25, -0.2) is 4.79 Å². The van der Waals surface area contributed by atoms with Crippen LogP contribution in [0, 0.1) is 0 Å². The maximum Gasteiger partial charge on any atom is 0.339 e. The quantitative estimate of drug-likeness (QED) is 0.663. The molecular weight excluding hydrogens is 232 g/mol. The van der Waals surface area contributed by atoms with Crippen LogP contribution in [0.4, 0.5) is 0 Å². The van der Waals surface area contributed by atoms with Crippen LogP contribution in [-0.2, 0) is 13.0 Å². The number of carboxylic acids is 1. The molecule has 0 aliphatic heterocycles. The van der Waals surface area contributed by atoms with Crippen molar-refractivity contribution in [3.8, 4) is 0 Å². The Labute approximate surface area is 108 Å². The van der Waals surface area contributed by atoms with E-state index in [1.165, 1.54) is 31.9 Å². The molecule has 0 atom stereocenters. The van der Waals surface area contributed by atoms with Gasteiger partial charge in [0.25, 0.3) is 0 Å². The molecular formula is C14H22O4. The molecule has 0 saturated heterocycles. The van der Waals surface area contributed by atoms with Gasteiger partial charge in [0.2, 0.25) is 0 Å². The van der Waals surface area contributed by atoms with Crippen molar-refractivity contribution in [1.29, 1.82) is 0 Å². The summed E-state index contributed by atoms with van der Waals surface area (Å²) in [6.45, 7) is 1.89. The molecule has 4 heteroatoms. The van der Waals surface area contributed by atoms with Gasteiger partial charge in [-0.3, -0.25) is 0 Å². The Hall–Kier alpha value is -1.29. The summed E-state index contributed by atoms with van der Waals surface area (Å²) >= 11 is 0. The Balaban J connectivity index is 2.42. The molecule has 4 nitrogen and oxygen atoms in total. The topological polar surface area (TPSA) is 70.7 Å². The van der Waals surface area contributed by atoms with Crippen molar-refractivity contribution < 1.29 is 19.4 Å². The van der Waals surface area contributed by atoms with Gasteiger partial charge in [0.15, 0.2) is 0 Å². The maximum absolute atomic E-state index is 11.1. The molecule has 1 aromatic rings. The van der Waals surface area contributed by atoms with Crippen LogP contribution in [0.1, 0.15) is 67.1 Å². The highest BCUT2D eigenvalue weighted by Crippen LogP contribution is 2.20. The number of hydrogen-bond acceptors (Lipinski definition) is 3. The lowest BCUT2D eigenvalue weighted by Crippen LogP contribution is -2.03. The number of carbonyl (C=O) groups is 1. The first-order chi connectivity index (χ1) is 8.70. The molecule has 0 radical (unpaired) electrons. The van der Waals surface area contributed by atoms with E-state index < -0.39 is 5.97 Å². The first-order valence-electron chi connectivity index (χ1n) is 6.64. The fraction of sp³-hybridized carbons (Fsp3) is 0.643. The van der Waals surface area contributed by atoms with E-state index in [1.807, 2.05) is 0 Å². The highest BCUT2D eigenvalue weighted by atomic mass is 16.4. The highest BCUT2D eigenvalue weighted by molar-refractivity contribution is 5.90. The Morgan fingerprint density at radius 2 is 1.89 bits per heavy atom. The molecule has 0 amide bonds. The predicted octanol–water partition coefficient (Wildman–Crippen LogP) is 3.37. The van der Waals surface area contributed by atoms with Crippen LogP contribution >= 0.6 is 0 Å². The number of carboxylic acid groups (broad SMARTS) is 1. The summed E-state index contributed by atoms with van der Waals surface area (Å²) in [5, 5.41) is 18.1. The fourth-order valence-corrected chi connectivity index (χ4v) is 2.06. The minimum atomic E-state index is -1.02. The second kappa shape index (κ2) is 7.93. The average molecular weight is 254 g/mol. The Morgan fingerprint density at radius 3 is 2.50 bits per heavy atom. The SMILES string of the molecule is CCCCCCCCc1occ(CO)c1C(=O)O. The molecule has 0 aromatic carbocycles. The second-order valence-corrected chi connectivity index (χ2v) is 4.54. The number of aromatic carboxylic acids is 1. The number of aryl methyl sites for hydroxylation is 1. The third-order valence-corrected chi connectivity index (χ3v) is 3.08. The van der Waals surface area contributed by atoms with Gasteiger partial charge in [-0.05, 0) is 6.42 Å². The van der Waals surface area contributed by atoms with Gasteiger partial charge in [0, 0.05) is 12.0 Å². The van der Waals surface area contributed by atoms with E-state index in [9.17, 15) is 4.79 Å². The summed E-state index contributed by atoms with van der Waals surface area (Å²) < 4.78 is 5.23. The van der Waals surface area contributed by atoms with Crippen molar-refractivity contribution in [2.24, 2.45) is 0 Å². The molecule has 0 saturated carbocycles. The van der Waals surface area contributed by atoms with Crippen LogP contribution < -0.4 is 0 Å². The fourth-order valence-electron chi connectivity index (χ4n) is 2.06. The molecule has 1 aromatic heterocycles. The van der Waals surface area contributed by atoms with Crippen LogP contribution in [0.5, 0.6) is 0 Å². The predicted molar refractivity (Wildman–Crippen MR) is 68.7 cm³/mol. The summed E-state index contributed by atoms with van der Waals surface area (Å²) in [7, 11) is 0. The van der Waals surface area contributed by atoms with E-state index in [4.69, 9.17) is 14.6 Å². The average Bonchev–Trinajstić information content (AvgIpc) is 2.76. The van der Waals surface area contributed by atoms with E-state index in [0.717, 1.165) is 12.8 Å². The first-order valence-corrected chi connectivity index (χ1v) is 6.64. The first kappa shape index (κ1) is 14.8. The van der Waals surface area contributed by atoms with E-state index in [-0.39, 0.29) is 12.2 Å². The molecule has 1 heterocycles. The molecule has 0 aliphatic rings. The zero-order valence-corrected chi connectivity index (χ0v) is 10.9. The van der Waals surface area contributed by atoms with Crippen molar-refractivity contribution in [3.05, 3.63) is 23.2 Å². The summed E-state index contributed by atoms with van der Waals surface area (Å²) in [5.41, 5.74) is 0.509. The number of aliphatic hydroxyl groups is 1. The van der Waals surface area contributed by atoms with E-state index >= 15 is 0 Å². The minimum absolute atomic E-state index is 0.144. The summed E-state index contributed by atoms with van der Waals surface area (Å²) in [4.78, 5) is 11.1. The molecule has 1 rings (SSSR count). The Morgan fingerprint density at radius 1 is 1.22 bits per heavy atom. The molecule has 102 valence electrons. The maximum atomic E-state index is 11.1. The van der Waals surface area contributed by atoms with E-state index in [0.29, 0.717) is 17.7 Å². The highest BCUT2D eigenvalue weighted by Gasteiger charge is 2.18. The third kappa shape index (κ3) is 4.18. The van der Waals surface area contributed by atoms with Crippen molar-refractivity contribution in [1.82, 2.24) is 0 Å².